The van der Waals surface area contributed by atoms with Crippen LogP contribution in [0.15, 0.2) is 36.4 Å². The van der Waals surface area contributed by atoms with Crippen LogP contribution in [0.2, 0.25) is 0 Å². The van der Waals surface area contributed by atoms with E-state index in [1.54, 1.807) is 33.5 Å². The molecular weight excluding hydrogens is 294 g/mol. The fraction of sp³-hybridized carbons (Fsp3) is 0.278. The van der Waals surface area contributed by atoms with Gasteiger partial charge in [0, 0.05) is 5.69 Å². The Morgan fingerprint density at radius 2 is 1.61 bits per heavy atom. The highest BCUT2D eigenvalue weighted by Gasteiger charge is 2.15. The first-order chi connectivity index (χ1) is 11.1. The van der Waals surface area contributed by atoms with Crippen LogP contribution in [0, 0.1) is 6.92 Å². The molecule has 0 heterocycles. The lowest BCUT2D eigenvalue weighted by Crippen LogP contribution is -2.15. The molecule has 0 aliphatic rings. The molecule has 2 aromatic rings. The van der Waals surface area contributed by atoms with Crippen molar-refractivity contribution in [2.75, 3.05) is 26.6 Å². The lowest BCUT2D eigenvalue weighted by atomic mass is 10.1. The largest absolute Gasteiger partial charge is 0.493 e. The summed E-state index contributed by atoms with van der Waals surface area (Å²) in [4.78, 5) is 12.3. The Labute approximate surface area is 136 Å². The molecule has 0 aliphatic carbocycles. The van der Waals surface area contributed by atoms with Crippen LogP contribution in [0.4, 0.5) is 5.69 Å². The number of rotatable bonds is 6. The van der Waals surface area contributed by atoms with Crippen LogP contribution in [-0.2, 0) is 11.2 Å². The Morgan fingerprint density at radius 1 is 1.00 bits per heavy atom. The Hall–Kier alpha value is -2.69. The normalized spacial score (nSPS) is 10.1. The monoisotopic (exact) mass is 315 g/mol. The smallest absolute Gasteiger partial charge is 0.228 e. The van der Waals surface area contributed by atoms with Crippen molar-refractivity contribution in [3.63, 3.8) is 0 Å². The van der Waals surface area contributed by atoms with E-state index in [0.717, 1.165) is 16.8 Å². The molecule has 0 fully saturated rings. The maximum atomic E-state index is 12.3. The molecule has 2 aromatic carbocycles. The van der Waals surface area contributed by atoms with Gasteiger partial charge < -0.3 is 19.5 Å². The van der Waals surface area contributed by atoms with Crippen LogP contribution >= 0.6 is 0 Å². The van der Waals surface area contributed by atoms with Crippen LogP contribution in [0.1, 0.15) is 11.1 Å². The van der Waals surface area contributed by atoms with Crippen molar-refractivity contribution in [3.8, 4) is 17.2 Å². The van der Waals surface area contributed by atoms with Crippen LogP contribution in [0.25, 0.3) is 0 Å². The summed E-state index contributed by atoms with van der Waals surface area (Å²) in [6.07, 6.45) is 0.213. The second-order valence-electron chi connectivity index (χ2n) is 5.07. The van der Waals surface area contributed by atoms with Crippen molar-refractivity contribution >= 4 is 11.6 Å². The Morgan fingerprint density at radius 3 is 2.13 bits per heavy atom. The molecule has 1 amide bonds. The van der Waals surface area contributed by atoms with Crippen LogP contribution in [0.5, 0.6) is 17.2 Å². The van der Waals surface area contributed by atoms with Gasteiger partial charge in [0.05, 0.1) is 27.8 Å². The molecule has 0 saturated heterocycles. The van der Waals surface area contributed by atoms with E-state index in [2.05, 4.69) is 5.32 Å². The lowest BCUT2D eigenvalue weighted by molar-refractivity contribution is -0.115. The molecule has 0 radical (unpaired) electrons. The third-order valence-electron chi connectivity index (χ3n) is 3.51. The molecule has 2 rings (SSSR count). The molecule has 1 N–H and O–H groups in total. The molecule has 0 atom stereocenters. The standard InChI is InChI=1S/C18H21NO4/c1-12-7-5-6-8-14(12)19-17(20)11-13-9-15(21-2)18(23-4)16(10-13)22-3/h5-10H,11H2,1-4H3,(H,19,20). The Kier molecular flexibility index (Phi) is 5.46. The lowest BCUT2D eigenvalue weighted by Gasteiger charge is -2.14. The highest BCUT2D eigenvalue weighted by molar-refractivity contribution is 5.93. The predicted octanol–water partition coefficient (Wildman–Crippen LogP) is 3.20. The Balaban J connectivity index is 2.19. The van der Waals surface area contributed by atoms with Crippen molar-refractivity contribution in [3.05, 3.63) is 47.5 Å². The second kappa shape index (κ2) is 7.54. The van der Waals surface area contributed by atoms with Crippen molar-refractivity contribution in [2.24, 2.45) is 0 Å². The van der Waals surface area contributed by atoms with E-state index in [9.17, 15) is 4.79 Å². The van der Waals surface area contributed by atoms with Gasteiger partial charge in [-0.3, -0.25) is 4.79 Å². The van der Waals surface area contributed by atoms with Gasteiger partial charge in [0.25, 0.3) is 0 Å². The van der Waals surface area contributed by atoms with Gasteiger partial charge in [-0.15, -0.1) is 0 Å². The summed E-state index contributed by atoms with van der Waals surface area (Å²) in [7, 11) is 4.65. The van der Waals surface area contributed by atoms with E-state index in [0.29, 0.717) is 17.2 Å². The number of carbonyl (C=O) groups excluding carboxylic acids is 1. The quantitative estimate of drug-likeness (QED) is 0.889. The number of anilines is 1. The predicted molar refractivity (Wildman–Crippen MR) is 89.6 cm³/mol. The van der Waals surface area contributed by atoms with Crippen molar-refractivity contribution < 1.29 is 19.0 Å². The highest BCUT2D eigenvalue weighted by Crippen LogP contribution is 2.38. The van der Waals surface area contributed by atoms with Crippen molar-refractivity contribution in [1.82, 2.24) is 0 Å². The number of carbonyl (C=O) groups is 1. The zero-order valence-corrected chi connectivity index (χ0v) is 13.8. The number of ether oxygens (including phenoxy) is 3. The number of benzene rings is 2. The average molecular weight is 315 g/mol. The molecule has 23 heavy (non-hydrogen) atoms. The first kappa shape index (κ1) is 16.7. The molecule has 0 saturated carbocycles. The van der Waals surface area contributed by atoms with Crippen LogP contribution in [0.3, 0.4) is 0 Å². The minimum absolute atomic E-state index is 0.103. The maximum Gasteiger partial charge on any atom is 0.228 e. The van der Waals surface area contributed by atoms with Gasteiger partial charge in [0.15, 0.2) is 11.5 Å². The summed E-state index contributed by atoms with van der Waals surface area (Å²) in [5, 5.41) is 2.91. The van der Waals surface area contributed by atoms with E-state index in [1.165, 1.54) is 0 Å². The number of aryl methyl sites for hydroxylation is 1. The van der Waals surface area contributed by atoms with Gasteiger partial charge in [0.1, 0.15) is 0 Å². The van der Waals surface area contributed by atoms with Gasteiger partial charge in [-0.25, -0.2) is 0 Å². The molecule has 5 nitrogen and oxygen atoms in total. The zero-order chi connectivity index (χ0) is 16.8. The summed E-state index contributed by atoms with van der Waals surface area (Å²) in [6.45, 7) is 1.95. The summed E-state index contributed by atoms with van der Waals surface area (Å²) >= 11 is 0. The second-order valence-corrected chi connectivity index (χ2v) is 5.07. The van der Waals surface area contributed by atoms with Gasteiger partial charge in [-0.05, 0) is 36.2 Å². The number of para-hydroxylation sites is 1. The van der Waals surface area contributed by atoms with E-state index in [-0.39, 0.29) is 12.3 Å². The van der Waals surface area contributed by atoms with Gasteiger partial charge in [-0.1, -0.05) is 18.2 Å². The summed E-state index contributed by atoms with van der Waals surface area (Å²) in [6, 6.07) is 11.2. The molecule has 5 heteroatoms. The van der Waals surface area contributed by atoms with Crippen molar-refractivity contribution in [2.45, 2.75) is 13.3 Å². The first-order valence-electron chi connectivity index (χ1n) is 7.23. The van der Waals surface area contributed by atoms with Crippen LogP contribution < -0.4 is 19.5 Å². The number of hydrogen-bond acceptors (Lipinski definition) is 4. The Bertz CT molecular complexity index is 672. The minimum atomic E-state index is -0.103. The summed E-state index contributed by atoms with van der Waals surface area (Å²) in [5.41, 5.74) is 2.61. The summed E-state index contributed by atoms with van der Waals surface area (Å²) < 4.78 is 15.9. The average Bonchev–Trinajstić information content (AvgIpc) is 2.55. The van der Waals surface area contributed by atoms with E-state index in [4.69, 9.17) is 14.2 Å². The molecule has 0 unspecified atom stereocenters. The number of nitrogens with one attached hydrogen (secondary N) is 1. The fourth-order valence-corrected chi connectivity index (χ4v) is 2.33. The number of hydrogen-bond donors (Lipinski definition) is 1. The SMILES string of the molecule is COc1cc(CC(=O)Nc2ccccc2C)cc(OC)c1OC. The fourth-order valence-electron chi connectivity index (χ4n) is 2.33. The number of amides is 1. The molecular formula is C18H21NO4. The minimum Gasteiger partial charge on any atom is -0.493 e. The molecule has 0 aliphatic heterocycles. The molecule has 0 bridgehead atoms. The molecule has 122 valence electrons. The maximum absolute atomic E-state index is 12.3. The molecule has 0 spiro atoms. The number of methoxy groups -OCH3 is 3. The van der Waals surface area contributed by atoms with Crippen LogP contribution in [-0.4, -0.2) is 27.2 Å². The van der Waals surface area contributed by atoms with Gasteiger partial charge >= 0.3 is 0 Å². The van der Waals surface area contributed by atoms with E-state index in [1.807, 2.05) is 31.2 Å². The third kappa shape index (κ3) is 3.94. The third-order valence-corrected chi connectivity index (χ3v) is 3.51. The highest BCUT2D eigenvalue weighted by atomic mass is 16.5. The van der Waals surface area contributed by atoms with E-state index >= 15 is 0 Å². The molecule has 0 aromatic heterocycles. The summed E-state index contributed by atoms with van der Waals surface area (Å²) in [5.74, 6) is 1.47. The van der Waals surface area contributed by atoms with Gasteiger partial charge in [-0.2, -0.15) is 0 Å². The zero-order valence-electron chi connectivity index (χ0n) is 13.8. The topological polar surface area (TPSA) is 56.8 Å². The van der Waals surface area contributed by atoms with E-state index < -0.39 is 0 Å². The van der Waals surface area contributed by atoms with Gasteiger partial charge in [0.2, 0.25) is 11.7 Å². The first-order valence-corrected chi connectivity index (χ1v) is 7.23. The van der Waals surface area contributed by atoms with Crippen molar-refractivity contribution in [1.29, 1.82) is 0 Å².